The van der Waals surface area contributed by atoms with Gasteiger partial charge in [-0.25, -0.2) is 8.78 Å². The van der Waals surface area contributed by atoms with E-state index in [1.165, 1.54) is 0 Å². The maximum atomic E-state index is 13.8. The van der Waals surface area contributed by atoms with Gasteiger partial charge in [0.15, 0.2) is 0 Å². The first-order valence-corrected chi connectivity index (χ1v) is 7.50. The van der Waals surface area contributed by atoms with Crippen LogP contribution in [0.3, 0.4) is 0 Å². The zero-order chi connectivity index (χ0) is 15.4. The van der Waals surface area contributed by atoms with E-state index in [9.17, 15) is 13.6 Å². The molecule has 0 aromatic heterocycles. The molecule has 0 radical (unpaired) electrons. The Hall–Kier alpha value is -1.49. The number of piperidine rings is 1. The smallest absolute Gasteiger partial charge is 0.223 e. The summed E-state index contributed by atoms with van der Waals surface area (Å²) < 4.78 is 27.1. The van der Waals surface area contributed by atoms with Crippen molar-refractivity contribution >= 4 is 5.91 Å². The summed E-state index contributed by atoms with van der Waals surface area (Å²) >= 11 is 0. The molecule has 116 valence electrons. The van der Waals surface area contributed by atoms with Gasteiger partial charge in [0.1, 0.15) is 11.6 Å². The molecular formula is C16H22F2N2O. The zero-order valence-electron chi connectivity index (χ0n) is 12.5. The summed E-state index contributed by atoms with van der Waals surface area (Å²) in [5.41, 5.74) is 0.216. The number of carbonyl (C=O) groups is 1. The third kappa shape index (κ3) is 4.00. The standard InChI is InChI=1S/C16H22F2N2O/c1-3-15(13-9-12(17)4-5-14(13)18)20-16(21)11-6-7-19-10(2)8-11/h4-5,9-11,15,19H,3,6-8H2,1-2H3,(H,20,21)/t10-,11-,15?/m0/s1. The predicted molar refractivity (Wildman–Crippen MR) is 77.7 cm³/mol. The molecule has 0 bridgehead atoms. The van der Waals surface area contributed by atoms with Gasteiger partial charge in [-0.2, -0.15) is 0 Å². The van der Waals surface area contributed by atoms with Gasteiger partial charge >= 0.3 is 0 Å². The molecule has 3 nitrogen and oxygen atoms in total. The van der Waals surface area contributed by atoms with Crippen LogP contribution in [0.4, 0.5) is 8.78 Å². The molecule has 1 saturated heterocycles. The molecule has 1 aromatic carbocycles. The molecule has 0 saturated carbocycles. The molecule has 1 amide bonds. The third-order valence-electron chi connectivity index (χ3n) is 4.05. The molecule has 21 heavy (non-hydrogen) atoms. The van der Waals surface area contributed by atoms with Crippen molar-refractivity contribution in [1.29, 1.82) is 0 Å². The summed E-state index contributed by atoms with van der Waals surface area (Å²) in [7, 11) is 0. The van der Waals surface area contributed by atoms with Crippen molar-refractivity contribution in [2.75, 3.05) is 6.54 Å². The molecule has 1 unspecified atom stereocenters. The van der Waals surface area contributed by atoms with Gasteiger partial charge < -0.3 is 10.6 Å². The molecule has 2 N–H and O–H groups in total. The Bertz CT molecular complexity index is 507. The Morgan fingerprint density at radius 3 is 2.90 bits per heavy atom. The van der Waals surface area contributed by atoms with Crippen molar-refractivity contribution in [3.05, 3.63) is 35.4 Å². The zero-order valence-corrected chi connectivity index (χ0v) is 12.5. The van der Waals surface area contributed by atoms with Gasteiger partial charge in [-0.15, -0.1) is 0 Å². The summed E-state index contributed by atoms with van der Waals surface area (Å²) in [6, 6.07) is 3.17. The highest BCUT2D eigenvalue weighted by molar-refractivity contribution is 5.79. The SMILES string of the molecule is CCC(NC(=O)[C@H]1CCN[C@@H](C)C1)c1cc(F)ccc1F. The van der Waals surface area contributed by atoms with Crippen molar-refractivity contribution in [2.45, 2.75) is 45.2 Å². The van der Waals surface area contributed by atoms with Crippen LogP contribution in [0.5, 0.6) is 0 Å². The van der Waals surface area contributed by atoms with E-state index in [4.69, 9.17) is 0 Å². The average molecular weight is 296 g/mol. The van der Waals surface area contributed by atoms with E-state index in [1.807, 2.05) is 13.8 Å². The number of carbonyl (C=O) groups excluding carboxylic acids is 1. The van der Waals surface area contributed by atoms with Gasteiger partial charge in [-0.3, -0.25) is 4.79 Å². The van der Waals surface area contributed by atoms with E-state index in [2.05, 4.69) is 10.6 Å². The number of nitrogens with one attached hydrogen (secondary N) is 2. The predicted octanol–water partition coefficient (Wildman–Crippen LogP) is 2.92. The van der Waals surface area contributed by atoms with Crippen molar-refractivity contribution in [3.8, 4) is 0 Å². The van der Waals surface area contributed by atoms with Crippen molar-refractivity contribution in [2.24, 2.45) is 5.92 Å². The summed E-state index contributed by atoms with van der Waals surface area (Å²) in [5.74, 6) is -1.11. The Kier molecular flexibility index (Phi) is 5.28. The fourth-order valence-electron chi connectivity index (χ4n) is 2.84. The van der Waals surface area contributed by atoms with Crippen LogP contribution in [0.25, 0.3) is 0 Å². The minimum absolute atomic E-state index is 0.0630. The minimum atomic E-state index is -0.491. The number of hydrogen-bond donors (Lipinski definition) is 2. The lowest BCUT2D eigenvalue weighted by Crippen LogP contribution is -2.43. The summed E-state index contributed by atoms with van der Waals surface area (Å²) in [6.45, 7) is 4.70. The number of rotatable bonds is 4. The topological polar surface area (TPSA) is 41.1 Å². The molecule has 0 aliphatic carbocycles. The van der Waals surface area contributed by atoms with E-state index >= 15 is 0 Å². The van der Waals surface area contributed by atoms with E-state index in [0.29, 0.717) is 12.5 Å². The van der Waals surface area contributed by atoms with E-state index < -0.39 is 17.7 Å². The van der Waals surface area contributed by atoms with Crippen molar-refractivity contribution in [1.82, 2.24) is 10.6 Å². The first-order valence-electron chi connectivity index (χ1n) is 7.50. The van der Waals surface area contributed by atoms with Crippen LogP contribution < -0.4 is 10.6 Å². The van der Waals surface area contributed by atoms with Crippen molar-refractivity contribution < 1.29 is 13.6 Å². The van der Waals surface area contributed by atoms with Crippen LogP contribution in [-0.2, 0) is 4.79 Å². The average Bonchev–Trinajstić information content (AvgIpc) is 2.47. The molecule has 1 fully saturated rings. The number of hydrogen-bond acceptors (Lipinski definition) is 2. The molecule has 3 atom stereocenters. The molecule has 5 heteroatoms. The second kappa shape index (κ2) is 6.98. The van der Waals surface area contributed by atoms with Crippen LogP contribution in [-0.4, -0.2) is 18.5 Å². The highest BCUT2D eigenvalue weighted by Crippen LogP contribution is 2.23. The van der Waals surface area contributed by atoms with Gasteiger partial charge in [0.25, 0.3) is 0 Å². The van der Waals surface area contributed by atoms with Gasteiger partial charge in [0, 0.05) is 17.5 Å². The monoisotopic (exact) mass is 296 g/mol. The van der Waals surface area contributed by atoms with E-state index in [0.717, 1.165) is 37.6 Å². The van der Waals surface area contributed by atoms with E-state index in [-0.39, 0.29) is 17.4 Å². The van der Waals surface area contributed by atoms with E-state index in [1.54, 1.807) is 0 Å². The lowest BCUT2D eigenvalue weighted by molar-refractivity contribution is -0.126. The fraction of sp³-hybridized carbons (Fsp3) is 0.562. The first kappa shape index (κ1) is 15.9. The molecular weight excluding hydrogens is 274 g/mol. The second-order valence-electron chi connectivity index (χ2n) is 5.71. The Morgan fingerprint density at radius 2 is 2.24 bits per heavy atom. The number of benzene rings is 1. The second-order valence-corrected chi connectivity index (χ2v) is 5.71. The highest BCUT2D eigenvalue weighted by Gasteiger charge is 2.27. The number of halogens is 2. The van der Waals surface area contributed by atoms with Crippen LogP contribution in [0, 0.1) is 17.6 Å². The van der Waals surface area contributed by atoms with Crippen LogP contribution >= 0.6 is 0 Å². The Balaban J connectivity index is 2.08. The quantitative estimate of drug-likeness (QED) is 0.897. The Morgan fingerprint density at radius 1 is 1.48 bits per heavy atom. The largest absolute Gasteiger partial charge is 0.349 e. The third-order valence-corrected chi connectivity index (χ3v) is 4.05. The minimum Gasteiger partial charge on any atom is -0.349 e. The van der Waals surface area contributed by atoms with Crippen LogP contribution in [0.15, 0.2) is 18.2 Å². The van der Waals surface area contributed by atoms with Gasteiger partial charge in [0.2, 0.25) is 5.91 Å². The lowest BCUT2D eigenvalue weighted by atomic mass is 9.91. The molecule has 1 aliphatic rings. The lowest BCUT2D eigenvalue weighted by Gasteiger charge is -2.29. The van der Waals surface area contributed by atoms with Gasteiger partial charge in [0.05, 0.1) is 6.04 Å². The number of amides is 1. The normalized spacial score (nSPS) is 23.6. The first-order chi connectivity index (χ1) is 10.0. The fourth-order valence-corrected chi connectivity index (χ4v) is 2.84. The van der Waals surface area contributed by atoms with Gasteiger partial charge in [-0.1, -0.05) is 6.92 Å². The molecule has 1 aliphatic heterocycles. The van der Waals surface area contributed by atoms with Gasteiger partial charge in [-0.05, 0) is 50.9 Å². The summed E-state index contributed by atoms with van der Waals surface area (Å²) in [5, 5.41) is 6.16. The maximum Gasteiger partial charge on any atom is 0.223 e. The molecule has 0 spiro atoms. The highest BCUT2D eigenvalue weighted by atomic mass is 19.1. The summed E-state index contributed by atoms with van der Waals surface area (Å²) in [6.07, 6.45) is 2.07. The Labute approximate surface area is 124 Å². The van der Waals surface area contributed by atoms with Crippen molar-refractivity contribution in [3.63, 3.8) is 0 Å². The summed E-state index contributed by atoms with van der Waals surface area (Å²) in [4.78, 5) is 12.3. The maximum absolute atomic E-state index is 13.8. The molecule has 1 heterocycles. The van der Waals surface area contributed by atoms with Crippen LogP contribution in [0.1, 0.15) is 44.7 Å². The molecule has 1 aromatic rings. The molecule has 2 rings (SSSR count). The van der Waals surface area contributed by atoms with Crippen LogP contribution in [0.2, 0.25) is 0 Å².